The van der Waals surface area contributed by atoms with Crippen LogP contribution in [0.1, 0.15) is 11.6 Å². The maximum absolute atomic E-state index is 11.0. The zero-order chi connectivity index (χ0) is 13.0. The molecule has 1 aromatic heterocycles. The van der Waals surface area contributed by atoms with E-state index in [1.54, 1.807) is 7.11 Å². The summed E-state index contributed by atoms with van der Waals surface area (Å²) in [4.78, 5) is 13.3. The van der Waals surface area contributed by atoms with Gasteiger partial charge in [0.1, 0.15) is 0 Å². The number of carbonyl (C=O) groups excluding carboxylic acids is 1. The number of hydrogen-bond acceptors (Lipinski definition) is 6. The number of nitrogens with one attached hydrogen (secondary N) is 1. The molecule has 8 heteroatoms. The van der Waals surface area contributed by atoms with Gasteiger partial charge in [-0.25, -0.2) is 4.79 Å². The van der Waals surface area contributed by atoms with Crippen molar-refractivity contribution in [1.82, 2.24) is 19.8 Å². The van der Waals surface area contributed by atoms with Crippen molar-refractivity contribution in [3.63, 3.8) is 0 Å². The van der Waals surface area contributed by atoms with Gasteiger partial charge >= 0.3 is 6.03 Å². The normalized spacial score (nSPS) is 24.3. The predicted octanol–water partition coefficient (Wildman–Crippen LogP) is -0.379. The molecule has 100 valence electrons. The molecule has 0 radical (unpaired) electrons. The van der Waals surface area contributed by atoms with Crippen LogP contribution in [0.5, 0.6) is 0 Å². The highest BCUT2D eigenvalue weighted by molar-refractivity contribution is 7.03. The Kier molecular flexibility index (Phi) is 4.45. The van der Waals surface area contributed by atoms with Crippen LogP contribution in [0.4, 0.5) is 4.79 Å². The molecule has 2 rings (SSSR count). The molecule has 2 amide bonds. The number of likely N-dealkylation sites (tertiary alicyclic amines) is 1. The molecule has 18 heavy (non-hydrogen) atoms. The van der Waals surface area contributed by atoms with E-state index in [0.717, 1.165) is 25.3 Å². The Hall–Kier alpha value is -1.25. The number of carbonyl (C=O) groups is 1. The van der Waals surface area contributed by atoms with Gasteiger partial charge in [0.25, 0.3) is 0 Å². The van der Waals surface area contributed by atoms with Gasteiger partial charge < -0.3 is 15.8 Å². The lowest BCUT2D eigenvalue weighted by Gasteiger charge is -2.16. The summed E-state index contributed by atoms with van der Waals surface area (Å²) < 4.78 is 8.94. The summed E-state index contributed by atoms with van der Waals surface area (Å²) in [6.07, 6.45) is 0. The Morgan fingerprint density at radius 2 is 2.56 bits per heavy atom. The van der Waals surface area contributed by atoms with Crippen molar-refractivity contribution in [2.24, 2.45) is 5.73 Å². The van der Waals surface area contributed by atoms with E-state index in [2.05, 4.69) is 19.8 Å². The summed E-state index contributed by atoms with van der Waals surface area (Å²) in [5.74, 6) is 0.146. The minimum Gasteiger partial charge on any atom is -0.383 e. The first-order valence-corrected chi connectivity index (χ1v) is 6.58. The predicted molar refractivity (Wildman–Crippen MR) is 67.5 cm³/mol. The third-order valence-electron chi connectivity index (χ3n) is 3.09. The summed E-state index contributed by atoms with van der Waals surface area (Å²) in [7, 11) is 1.68. The molecule has 0 aromatic carbocycles. The lowest BCUT2D eigenvalue weighted by Crippen LogP contribution is -2.43. The van der Waals surface area contributed by atoms with Crippen molar-refractivity contribution in [3.05, 3.63) is 11.1 Å². The second kappa shape index (κ2) is 6.07. The molecule has 1 aliphatic rings. The highest BCUT2D eigenvalue weighted by Crippen LogP contribution is 2.26. The smallest absolute Gasteiger partial charge is 0.312 e. The maximum atomic E-state index is 11.0. The van der Waals surface area contributed by atoms with Crippen molar-refractivity contribution in [1.29, 1.82) is 0 Å². The summed E-state index contributed by atoms with van der Waals surface area (Å²) in [5.41, 5.74) is 6.12. The summed E-state index contributed by atoms with van der Waals surface area (Å²) in [5, 5.41) is 8.79. The quantitative estimate of drug-likeness (QED) is 0.761. The van der Waals surface area contributed by atoms with Crippen LogP contribution in [0, 0.1) is 0 Å². The number of ether oxygens (including phenoxy) is 1. The number of nitrogens with zero attached hydrogens (tertiary/aromatic N) is 3. The van der Waals surface area contributed by atoms with Crippen molar-refractivity contribution in [2.75, 3.05) is 33.4 Å². The zero-order valence-electron chi connectivity index (χ0n) is 10.2. The van der Waals surface area contributed by atoms with Crippen LogP contribution in [0.15, 0.2) is 5.38 Å². The first-order valence-electron chi connectivity index (χ1n) is 5.75. The molecular formula is C10H17N5O2S. The van der Waals surface area contributed by atoms with E-state index in [-0.39, 0.29) is 12.0 Å². The summed E-state index contributed by atoms with van der Waals surface area (Å²) in [6, 6.07) is -0.509. The molecule has 1 aromatic rings. The van der Waals surface area contributed by atoms with E-state index in [1.165, 1.54) is 11.5 Å². The van der Waals surface area contributed by atoms with Crippen molar-refractivity contribution >= 4 is 17.6 Å². The molecule has 1 aliphatic heterocycles. The molecule has 0 saturated carbocycles. The van der Waals surface area contributed by atoms with E-state index in [1.807, 2.05) is 5.38 Å². The van der Waals surface area contributed by atoms with Gasteiger partial charge in [0.15, 0.2) is 0 Å². The van der Waals surface area contributed by atoms with Crippen LogP contribution in [0.2, 0.25) is 0 Å². The second-order valence-corrected chi connectivity index (χ2v) is 4.91. The molecule has 1 fully saturated rings. The van der Waals surface area contributed by atoms with E-state index >= 15 is 0 Å². The lowest BCUT2D eigenvalue weighted by atomic mass is 10.0. The monoisotopic (exact) mass is 271 g/mol. The molecular weight excluding hydrogens is 254 g/mol. The molecule has 2 heterocycles. The fourth-order valence-electron chi connectivity index (χ4n) is 2.25. The van der Waals surface area contributed by atoms with Gasteiger partial charge in [0.05, 0.1) is 18.3 Å². The summed E-state index contributed by atoms with van der Waals surface area (Å²) >= 11 is 1.32. The molecule has 2 atom stereocenters. The average molecular weight is 271 g/mol. The number of hydrogen-bond donors (Lipinski definition) is 2. The minimum absolute atomic E-state index is 0.0109. The average Bonchev–Trinajstić information content (AvgIpc) is 2.94. The van der Waals surface area contributed by atoms with Gasteiger partial charge in [-0.15, -0.1) is 5.10 Å². The number of methoxy groups -OCH3 is 1. The van der Waals surface area contributed by atoms with Crippen LogP contribution >= 0.6 is 11.5 Å². The highest BCUT2D eigenvalue weighted by Gasteiger charge is 2.35. The van der Waals surface area contributed by atoms with Crippen molar-refractivity contribution in [2.45, 2.75) is 12.0 Å². The molecule has 0 unspecified atom stereocenters. The maximum Gasteiger partial charge on any atom is 0.312 e. The van der Waals surface area contributed by atoms with E-state index < -0.39 is 6.03 Å². The van der Waals surface area contributed by atoms with Crippen LogP contribution in [-0.4, -0.2) is 59.9 Å². The largest absolute Gasteiger partial charge is 0.383 e. The molecule has 0 bridgehead atoms. The summed E-state index contributed by atoms with van der Waals surface area (Å²) in [6.45, 7) is 3.10. The third-order valence-corrected chi connectivity index (χ3v) is 3.61. The Labute approximate surface area is 109 Å². The van der Waals surface area contributed by atoms with Gasteiger partial charge in [-0.3, -0.25) is 4.90 Å². The Morgan fingerprint density at radius 3 is 3.17 bits per heavy atom. The van der Waals surface area contributed by atoms with Gasteiger partial charge in [0, 0.05) is 38.0 Å². The number of rotatable bonds is 5. The lowest BCUT2D eigenvalue weighted by molar-refractivity contribution is 0.159. The number of amides is 2. The topological polar surface area (TPSA) is 93.4 Å². The Bertz CT molecular complexity index is 386. The molecule has 1 saturated heterocycles. The number of urea groups is 1. The third kappa shape index (κ3) is 3.15. The minimum atomic E-state index is -0.498. The number of nitrogens with two attached hydrogens (primary N) is 1. The van der Waals surface area contributed by atoms with Crippen LogP contribution < -0.4 is 11.1 Å². The van der Waals surface area contributed by atoms with Crippen LogP contribution in [0.3, 0.4) is 0 Å². The number of primary amides is 1. The highest BCUT2D eigenvalue weighted by atomic mass is 32.1. The van der Waals surface area contributed by atoms with Crippen molar-refractivity contribution in [3.8, 4) is 0 Å². The Morgan fingerprint density at radius 1 is 1.72 bits per heavy atom. The molecule has 0 aliphatic carbocycles. The second-order valence-electron chi connectivity index (χ2n) is 4.30. The standard InChI is InChI=1S/C10H17N5O2S/c1-17-3-2-15-4-7(9-6-18-14-13-9)8(5-15)12-10(11)16/h6-8H,2-5H2,1H3,(H3,11,12,16)/t7-,8-/m1/s1. The SMILES string of the molecule is COCCN1C[C@@H](NC(N)=O)[C@H](c2csnn2)C1. The Balaban J connectivity index is 2.02. The zero-order valence-corrected chi connectivity index (χ0v) is 11.0. The van der Waals surface area contributed by atoms with Gasteiger partial charge in [0.2, 0.25) is 0 Å². The van der Waals surface area contributed by atoms with Gasteiger partial charge in [-0.05, 0) is 11.5 Å². The van der Waals surface area contributed by atoms with E-state index in [9.17, 15) is 4.79 Å². The van der Waals surface area contributed by atoms with Crippen molar-refractivity contribution < 1.29 is 9.53 Å². The molecule has 3 N–H and O–H groups in total. The van der Waals surface area contributed by atoms with Gasteiger partial charge in [-0.2, -0.15) is 0 Å². The molecule has 7 nitrogen and oxygen atoms in total. The fourth-order valence-corrected chi connectivity index (χ4v) is 2.77. The van der Waals surface area contributed by atoms with Gasteiger partial charge in [-0.1, -0.05) is 4.49 Å². The van der Waals surface area contributed by atoms with Crippen LogP contribution in [0.25, 0.3) is 0 Å². The first kappa shape index (κ1) is 13.2. The van der Waals surface area contributed by atoms with E-state index in [4.69, 9.17) is 10.5 Å². The fraction of sp³-hybridized carbons (Fsp3) is 0.700. The first-order chi connectivity index (χ1) is 8.70. The number of aromatic nitrogens is 2. The van der Waals surface area contributed by atoms with E-state index in [0.29, 0.717) is 6.61 Å². The van der Waals surface area contributed by atoms with Crippen LogP contribution in [-0.2, 0) is 4.74 Å². The molecule has 0 spiro atoms.